The van der Waals surface area contributed by atoms with Crippen molar-refractivity contribution >= 4 is 11.7 Å². The van der Waals surface area contributed by atoms with E-state index in [0.717, 1.165) is 50.5 Å². The minimum atomic E-state index is 0.154. The number of nitrogens with zero attached hydrogens (tertiary/aromatic N) is 1. The first-order valence-corrected chi connectivity index (χ1v) is 12.4. The van der Waals surface area contributed by atoms with E-state index in [4.69, 9.17) is 0 Å². The minimum Gasteiger partial charge on any atom is -0.334 e. The zero-order valence-electron chi connectivity index (χ0n) is 22.4. The Morgan fingerprint density at radius 3 is 1.28 bits per heavy atom. The summed E-state index contributed by atoms with van der Waals surface area (Å²) in [5.41, 5.74) is 5.06. The number of hydrogen-bond acceptors (Lipinski definition) is 2. The largest absolute Gasteiger partial charge is 0.334 e. The molecule has 0 N–H and O–H groups in total. The molecule has 3 heteroatoms. The van der Waals surface area contributed by atoms with Crippen molar-refractivity contribution < 1.29 is 9.59 Å². The van der Waals surface area contributed by atoms with Gasteiger partial charge in [0.2, 0.25) is 5.91 Å². The summed E-state index contributed by atoms with van der Waals surface area (Å²) >= 11 is 0. The van der Waals surface area contributed by atoms with Gasteiger partial charge < -0.3 is 9.69 Å². The molecule has 0 aromatic rings. The lowest BCUT2D eigenvalue weighted by Crippen LogP contribution is -2.42. The topological polar surface area (TPSA) is 37.4 Å². The van der Waals surface area contributed by atoms with Crippen LogP contribution in [0.4, 0.5) is 0 Å². The number of hydrogen-bond donors (Lipinski definition) is 0. The highest BCUT2D eigenvalue weighted by molar-refractivity contribution is 5.93. The van der Waals surface area contributed by atoms with Gasteiger partial charge in [0.05, 0.1) is 0 Å². The van der Waals surface area contributed by atoms with Crippen LogP contribution >= 0.6 is 0 Å². The van der Waals surface area contributed by atoms with Crippen LogP contribution < -0.4 is 0 Å². The number of carbonyl (C=O) groups is 2. The molecule has 0 aliphatic rings. The predicted molar refractivity (Wildman–Crippen MR) is 140 cm³/mol. The normalized spacial score (nSPS) is 13.8. The number of ketones is 1. The fourth-order valence-electron chi connectivity index (χ4n) is 3.79. The van der Waals surface area contributed by atoms with E-state index < -0.39 is 0 Å². The first kappa shape index (κ1) is 30.1. The first-order chi connectivity index (χ1) is 15.0. The maximum Gasteiger partial charge on any atom is 0.249 e. The van der Waals surface area contributed by atoms with Gasteiger partial charge in [-0.2, -0.15) is 0 Å². The van der Waals surface area contributed by atoms with Gasteiger partial charge in [0.25, 0.3) is 0 Å². The Balaban J connectivity index is 4.38. The molecular weight excluding hydrogens is 394 g/mol. The second-order valence-corrected chi connectivity index (χ2v) is 9.80. The lowest BCUT2D eigenvalue weighted by Gasteiger charge is -2.31. The van der Waals surface area contributed by atoms with Crippen LogP contribution in [0.2, 0.25) is 0 Å². The summed E-state index contributed by atoms with van der Waals surface area (Å²) in [5.74, 6) is 0.415. The monoisotopic (exact) mass is 443 g/mol. The van der Waals surface area contributed by atoms with Gasteiger partial charge in [-0.25, -0.2) is 0 Å². The molecule has 0 aromatic heterocycles. The zero-order valence-corrected chi connectivity index (χ0v) is 22.4. The number of allylic oxidation sites excluding steroid dienone is 7. The number of carbonyl (C=O) groups excluding carboxylic acids is 2. The average Bonchev–Trinajstić information content (AvgIpc) is 2.66. The predicted octanol–water partition coefficient (Wildman–Crippen LogP) is 8.13. The standard InChI is InChI=1S/C29H49NO2/c1-22(2)30(23(3)4)29(32)27(8)20-12-18-25(6)16-10-14-24(5)15-11-17-26(7)19-13-21-28(9)31/h15-16,19-20,22-23H,10-14,17-18,21H2,1-9H3. The maximum atomic E-state index is 12.7. The van der Waals surface area contributed by atoms with Crippen molar-refractivity contribution in [1.29, 1.82) is 0 Å². The van der Waals surface area contributed by atoms with Crippen molar-refractivity contribution in [3.05, 3.63) is 46.6 Å². The molecule has 0 aliphatic carbocycles. The van der Waals surface area contributed by atoms with Crippen LogP contribution in [-0.2, 0) is 9.59 Å². The summed E-state index contributed by atoms with van der Waals surface area (Å²) in [6.45, 7) is 18.4. The molecule has 0 radical (unpaired) electrons. The highest BCUT2D eigenvalue weighted by Gasteiger charge is 2.20. The molecule has 0 spiro atoms. The maximum absolute atomic E-state index is 12.7. The van der Waals surface area contributed by atoms with Gasteiger partial charge in [0, 0.05) is 24.1 Å². The van der Waals surface area contributed by atoms with Crippen molar-refractivity contribution in [3.63, 3.8) is 0 Å². The van der Waals surface area contributed by atoms with Crippen LogP contribution in [-0.4, -0.2) is 28.7 Å². The van der Waals surface area contributed by atoms with Crippen LogP contribution in [0.3, 0.4) is 0 Å². The van der Waals surface area contributed by atoms with Gasteiger partial charge >= 0.3 is 0 Å². The highest BCUT2D eigenvalue weighted by Crippen LogP contribution is 2.15. The van der Waals surface area contributed by atoms with E-state index in [2.05, 4.69) is 72.8 Å². The van der Waals surface area contributed by atoms with Crippen LogP contribution in [0.5, 0.6) is 0 Å². The van der Waals surface area contributed by atoms with Crippen LogP contribution in [0.1, 0.15) is 114 Å². The summed E-state index contributed by atoms with van der Waals surface area (Å²) in [6, 6.07) is 0.436. The average molecular weight is 444 g/mol. The molecule has 0 rings (SSSR count). The molecular formula is C29H49NO2. The van der Waals surface area contributed by atoms with Crippen LogP contribution in [0.25, 0.3) is 0 Å². The van der Waals surface area contributed by atoms with Crippen molar-refractivity contribution in [1.82, 2.24) is 4.90 Å². The molecule has 0 unspecified atom stereocenters. The summed E-state index contributed by atoms with van der Waals surface area (Å²) in [6.07, 6.45) is 16.7. The molecule has 0 aromatic carbocycles. The Kier molecular flexibility index (Phi) is 15.7. The summed E-state index contributed by atoms with van der Waals surface area (Å²) in [5, 5.41) is 0. The Bertz CT molecular complexity index is 697. The summed E-state index contributed by atoms with van der Waals surface area (Å²) < 4.78 is 0. The quantitative estimate of drug-likeness (QED) is 0.189. The molecule has 0 saturated heterocycles. The number of amides is 1. The third kappa shape index (κ3) is 14.2. The Hall–Kier alpha value is -1.90. The highest BCUT2D eigenvalue weighted by atomic mass is 16.2. The van der Waals surface area contributed by atoms with E-state index in [1.165, 1.54) is 16.7 Å². The fourth-order valence-corrected chi connectivity index (χ4v) is 3.79. The molecule has 0 fully saturated rings. The van der Waals surface area contributed by atoms with E-state index in [1.807, 2.05) is 11.8 Å². The molecule has 182 valence electrons. The zero-order chi connectivity index (χ0) is 24.7. The van der Waals surface area contributed by atoms with Crippen molar-refractivity contribution in [3.8, 4) is 0 Å². The van der Waals surface area contributed by atoms with Crippen molar-refractivity contribution in [2.45, 2.75) is 126 Å². The van der Waals surface area contributed by atoms with Crippen LogP contribution in [0.15, 0.2) is 46.6 Å². The van der Waals surface area contributed by atoms with E-state index in [1.54, 1.807) is 6.92 Å². The summed E-state index contributed by atoms with van der Waals surface area (Å²) in [4.78, 5) is 25.6. The molecule has 0 saturated carbocycles. The van der Waals surface area contributed by atoms with Gasteiger partial charge in [-0.05, 0) is 107 Å². The second-order valence-electron chi connectivity index (χ2n) is 9.80. The number of rotatable bonds is 15. The summed E-state index contributed by atoms with van der Waals surface area (Å²) in [7, 11) is 0. The molecule has 0 bridgehead atoms. The molecule has 0 heterocycles. The number of Topliss-reactive ketones (excluding diaryl/α,β-unsaturated/α-hetero) is 1. The van der Waals surface area contributed by atoms with Crippen molar-refractivity contribution in [2.75, 3.05) is 0 Å². The molecule has 1 amide bonds. The van der Waals surface area contributed by atoms with Gasteiger partial charge in [-0.15, -0.1) is 0 Å². The Labute approximate surface area is 198 Å². The van der Waals surface area contributed by atoms with Crippen molar-refractivity contribution in [2.24, 2.45) is 0 Å². The van der Waals surface area contributed by atoms with E-state index >= 15 is 0 Å². The van der Waals surface area contributed by atoms with E-state index in [-0.39, 0.29) is 23.8 Å². The SMILES string of the molecule is CC(=O)CCC=C(C)CCC=C(C)CCC=C(C)CCC=C(C)C(=O)N(C(C)C)C(C)C. The molecule has 32 heavy (non-hydrogen) atoms. The third-order valence-corrected chi connectivity index (χ3v) is 5.73. The van der Waals surface area contributed by atoms with E-state index in [0.29, 0.717) is 6.42 Å². The van der Waals surface area contributed by atoms with Crippen LogP contribution in [0, 0.1) is 0 Å². The van der Waals surface area contributed by atoms with Gasteiger partial charge in [-0.1, -0.05) is 41.0 Å². The van der Waals surface area contributed by atoms with Gasteiger partial charge in [0.15, 0.2) is 0 Å². The molecule has 3 nitrogen and oxygen atoms in total. The molecule has 0 atom stereocenters. The third-order valence-electron chi connectivity index (χ3n) is 5.73. The Morgan fingerprint density at radius 1 is 0.594 bits per heavy atom. The lowest BCUT2D eigenvalue weighted by molar-refractivity contribution is -0.130. The van der Waals surface area contributed by atoms with Gasteiger partial charge in [-0.3, -0.25) is 4.79 Å². The Morgan fingerprint density at radius 2 is 0.938 bits per heavy atom. The fraction of sp³-hybridized carbons (Fsp3) is 0.655. The van der Waals surface area contributed by atoms with Gasteiger partial charge in [0.1, 0.15) is 5.78 Å². The molecule has 0 aliphatic heterocycles. The lowest BCUT2D eigenvalue weighted by atomic mass is 10.0. The first-order valence-electron chi connectivity index (χ1n) is 12.4. The minimum absolute atomic E-state index is 0.154. The smallest absolute Gasteiger partial charge is 0.249 e. The second kappa shape index (κ2) is 16.7. The van der Waals surface area contributed by atoms with E-state index in [9.17, 15) is 9.59 Å².